The molecule has 0 spiro atoms. The van der Waals surface area contributed by atoms with E-state index < -0.39 is 0 Å². The number of nitrogens with two attached hydrogens (primary N) is 1. The molecule has 1 aliphatic rings. The number of carbonyl (C=O) groups excluding carboxylic acids is 1. The molecule has 2 amide bonds. The van der Waals surface area contributed by atoms with E-state index in [4.69, 9.17) is 5.73 Å². The number of amides is 2. The summed E-state index contributed by atoms with van der Waals surface area (Å²) in [5.74, 6) is -0.303. The Morgan fingerprint density at radius 1 is 1.63 bits per heavy atom. The van der Waals surface area contributed by atoms with Crippen molar-refractivity contribution in [1.82, 2.24) is 10.2 Å². The zero-order chi connectivity index (χ0) is 14.0. The fraction of sp³-hybridized carbons (Fsp3) is 0.462. The van der Waals surface area contributed by atoms with E-state index in [0.717, 1.165) is 10.9 Å². The van der Waals surface area contributed by atoms with Gasteiger partial charge in [0.15, 0.2) is 0 Å². The van der Waals surface area contributed by atoms with Crippen LogP contribution in [0.4, 0.5) is 9.18 Å². The number of halogens is 2. The molecule has 6 heteroatoms. The highest BCUT2D eigenvalue weighted by Crippen LogP contribution is 2.25. The van der Waals surface area contributed by atoms with Crippen LogP contribution >= 0.6 is 15.9 Å². The van der Waals surface area contributed by atoms with Crippen LogP contribution in [-0.2, 0) is 0 Å². The molecule has 1 saturated heterocycles. The zero-order valence-corrected chi connectivity index (χ0v) is 12.3. The summed E-state index contributed by atoms with van der Waals surface area (Å²) in [5.41, 5.74) is 6.19. The van der Waals surface area contributed by atoms with Crippen molar-refractivity contribution >= 4 is 22.0 Å². The summed E-state index contributed by atoms with van der Waals surface area (Å²) in [4.78, 5) is 13.5. The molecule has 0 aliphatic carbocycles. The Morgan fingerprint density at radius 2 is 2.37 bits per heavy atom. The van der Waals surface area contributed by atoms with Crippen molar-refractivity contribution in [3.8, 4) is 0 Å². The Bertz CT molecular complexity index is 481. The van der Waals surface area contributed by atoms with Crippen LogP contribution < -0.4 is 11.1 Å². The largest absolute Gasteiger partial charge is 0.329 e. The average Bonchev–Trinajstić information content (AvgIpc) is 2.71. The minimum absolute atomic E-state index is 0.0504. The maximum atomic E-state index is 13.8. The Balaban J connectivity index is 2.07. The maximum absolute atomic E-state index is 13.8. The van der Waals surface area contributed by atoms with Crippen LogP contribution in [0.2, 0.25) is 0 Å². The number of hydrogen-bond donors (Lipinski definition) is 2. The van der Waals surface area contributed by atoms with Gasteiger partial charge in [-0.1, -0.05) is 15.9 Å². The van der Waals surface area contributed by atoms with E-state index in [1.807, 2.05) is 6.92 Å². The summed E-state index contributed by atoms with van der Waals surface area (Å²) in [7, 11) is 0. The van der Waals surface area contributed by atoms with E-state index >= 15 is 0 Å². The van der Waals surface area contributed by atoms with E-state index in [1.54, 1.807) is 17.0 Å². The lowest BCUT2D eigenvalue weighted by Crippen LogP contribution is -2.32. The molecule has 0 bridgehead atoms. The molecule has 1 aromatic rings. The molecule has 1 aromatic carbocycles. The van der Waals surface area contributed by atoms with Gasteiger partial charge in [0.2, 0.25) is 0 Å². The lowest BCUT2D eigenvalue weighted by atomic mass is 10.1. The van der Waals surface area contributed by atoms with Crippen LogP contribution in [0.15, 0.2) is 22.7 Å². The quantitative estimate of drug-likeness (QED) is 0.891. The Kier molecular flexibility index (Phi) is 4.42. The molecule has 0 radical (unpaired) electrons. The molecule has 2 rings (SSSR count). The number of urea groups is 1. The molecule has 1 aliphatic heterocycles. The van der Waals surface area contributed by atoms with Crippen LogP contribution in [0.3, 0.4) is 0 Å². The highest BCUT2D eigenvalue weighted by atomic mass is 79.9. The van der Waals surface area contributed by atoms with Gasteiger partial charge >= 0.3 is 6.03 Å². The summed E-state index contributed by atoms with van der Waals surface area (Å²) in [6.07, 6.45) is 0.737. The third-order valence-electron chi connectivity index (χ3n) is 3.18. The summed E-state index contributed by atoms with van der Waals surface area (Å²) >= 11 is 3.31. The molecule has 1 heterocycles. The number of hydrogen-bond acceptors (Lipinski definition) is 2. The number of carbonyl (C=O) groups is 1. The first-order chi connectivity index (χ1) is 8.97. The summed E-state index contributed by atoms with van der Waals surface area (Å²) in [6.45, 7) is 2.97. The van der Waals surface area contributed by atoms with Crippen molar-refractivity contribution in [3.63, 3.8) is 0 Å². The second kappa shape index (κ2) is 5.88. The summed E-state index contributed by atoms with van der Waals surface area (Å²) in [5, 5.41) is 2.80. The van der Waals surface area contributed by atoms with Gasteiger partial charge in [-0.15, -0.1) is 0 Å². The summed E-state index contributed by atoms with van der Waals surface area (Å²) < 4.78 is 14.6. The van der Waals surface area contributed by atoms with Gasteiger partial charge in [-0.3, -0.25) is 0 Å². The first-order valence-corrected chi connectivity index (χ1v) is 7.02. The molecule has 104 valence electrons. The van der Waals surface area contributed by atoms with Gasteiger partial charge in [0.1, 0.15) is 5.82 Å². The number of nitrogens with zero attached hydrogens (tertiary/aromatic N) is 1. The van der Waals surface area contributed by atoms with Crippen molar-refractivity contribution < 1.29 is 9.18 Å². The molecule has 2 unspecified atom stereocenters. The highest BCUT2D eigenvalue weighted by molar-refractivity contribution is 9.10. The Morgan fingerprint density at radius 3 is 3.05 bits per heavy atom. The molecule has 2 atom stereocenters. The third-order valence-corrected chi connectivity index (χ3v) is 3.67. The predicted molar refractivity (Wildman–Crippen MR) is 75.2 cm³/mol. The first-order valence-electron chi connectivity index (χ1n) is 6.23. The topological polar surface area (TPSA) is 58.4 Å². The fourth-order valence-electron chi connectivity index (χ4n) is 2.10. The van der Waals surface area contributed by atoms with E-state index in [9.17, 15) is 9.18 Å². The van der Waals surface area contributed by atoms with Gasteiger partial charge in [0.05, 0.1) is 6.04 Å². The molecule has 3 N–H and O–H groups in total. The minimum atomic E-state index is -0.307. The smallest absolute Gasteiger partial charge is 0.318 e. The minimum Gasteiger partial charge on any atom is -0.329 e. The lowest BCUT2D eigenvalue weighted by molar-refractivity contribution is 0.216. The SMILES string of the molecule is CC(N)CCN1CC(c2cc(Br)ccc2F)NC1=O. The van der Waals surface area contributed by atoms with Crippen LogP contribution in [0.1, 0.15) is 24.9 Å². The number of benzene rings is 1. The van der Waals surface area contributed by atoms with Crippen molar-refractivity contribution in [2.45, 2.75) is 25.4 Å². The highest BCUT2D eigenvalue weighted by Gasteiger charge is 2.31. The van der Waals surface area contributed by atoms with Crippen molar-refractivity contribution in [3.05, 3.63) is 34.1 Å². The normalized spacial score (nSPS) is 20.5. The van der Waals surface area contributed by atoms with Crippen LogP contribution in [0.5, 0.6) is 0 Å². The van der Waals surface area contributed by atoms with Crippen LogP contribution in [0, 0.1) is 5.82 Å². The van der Waals surface area contributed by atoms with E-state index in [-0.39, 0.29) is 23.9 Å². The monoisotopic (exact) mass is 329 g/mol. The Labute approximate surface area is 120 Å². The Hall–Kier alpha value is -1.14. The van der Waals surface area contributed by atoms with Gasteiger partial charge in [-0.05, 0) is 31.5 Å². The zero-order valence-electron chi connectivity index (χ0n) is 10.7. The van der Waals surface area contributed by atoms with Gasteiger partial charge in [0, 0.05) is 29.2 Å². The van der Waals surface area contributed by atoms with E-state index in [2.05, 4.69) is 21.2 Å². The lowest BCUT2D eigenvalue weighted by Gasteiger charge is -2.16. The number of rotatable bonds is 4. The molecule has 4 nitrogen and oxygen atoms in total. The standard InChI is InChI=1S/C13H17BrFN3O/c1-8(16)4-5-18-7-12(17-13(18)19)10-6-9(14)2-3-11(10)15/h2-3,6,8,12H,4-5,7,16H2,1H3,(H,17,19). The van der Waals surface area contributed by atoms with E-state index in [0.29, 0.717) is 18.7 Å². The van der Waals surface area contributed by atoms with Gasteiger partial charge in [-0.25, -0.2) is 9.18 Å². The molecule has 0 aromatic heterocycles. The third kappa shape index (κ3) is 3.45. The van der Waals surface area contributed by atoms with Crippen LogP contribution in [-0.4, -0.2) is 30.1 Å². The number of nitrogens with one attached hydrogen (secondary N) is 1. The molecular weight excluding hydrogens is 313 g/mol. The molecular formula is C13H17BrFN3O. The van der Waals surface area contributed by atoms with Crippen molar-refractivity contribution in [2.24, 2.45) is 5.73 Å². The second-order valence-corrected chi connectivity index (χ2v) is 5.80. The molecule has 0 saturated carbocycles. The van der Waals surface area contributed by atoms with Gasteiger partial charge in [0.25, 0.3) is 0 Å². The first kappa shape index (κ1) is 14.3. The van der Waals surface area contributed by atoms with Crippen LogP contribution in [0.25, 0.3) is 0 Å². The second-order valence-electron chi connectivity index (χ2n) is 4.88. The van der Waals surface area contributed by atoms with E-state index in [1.165, 1.54) is 6.07 Å². The van der Waals surface area contributed by atoms with Crippen molar-refractivity contribution in [1.29, 1.82) is 0 Å². The van der Waals surface area contributed by atoms with Crippen molar-refractivity contribution in [2.75, 3.05) is 13.1 Å². The molecule has 19 heavy (non-hydrogen) atoms. The predicted octanol–water partition coefficient (Wildman–Crippen LogP) is 2.39. The summed E-state index contributed by atoms with van der Waals surface area (Å²) in [6, 6.07) is 4.33. The maximum Gasteiger partial charge on any atom is 0.318 e. The molecule has 1 fully saturated rings. The van der Waals surface area contributed by atoms with Gasteiger partial charge < -0.3 is 16.0 Å². The fourth-order valence-corrected chi connectivity index (χ4v) is 2.48. The average molecular weight is 330 g/mol. The van der Waals surface area contributed by atoms with Gasteiger partial charge in [-0.2, -0.15) is 0 Å².